The van der Waals surface area contributed by atoms with Gasteiger partial charge in [0.25, 0.3) is 0 Å². The lowest BCUT2D eigenvalue weighted by Crippen LogP contribution is -2.45. The van der Waals surface area contributed by atoms with Crippen molar-refractivity contribution in [3.05, 3.63) is 16.1 Å². The van der Waals surface area contributed by atoms with Crippen LogP contribution in [0.15, 0.2) is 12.5 Å². The average molecular weight is 320 g/mol. The van der Waals surface area contributed by atoms with Gasteiger partial charge in [0.15, 0.2) is 0 Å². The SMILES string of the molecule is Ic1cncnc1NCC1COCCN1. The molecule has 2 N–H and O–H groups in total. The van der Waals surface area contributed by atoms with Crippen molar-refractivity contribution in [2.45, 2.75) is 6.04 Å². The van der Waals surface area contributed by atoms with Gasteiger partial charge in [-0.25, -0.2) is 9.97 Å². The van der Waals surface area contributed by atoms with Gasteiger partial charge in [-0.3, -0.25) is 0 Å². The minimum atomic E-state index is 0.365. The van der Waals surface area contributed by atoms with E-state index < -0.39 is 0 Å². The summed E-state index contributed by atoms with van der Waals surface area (Å²) >= 11 is 2.22. The van der Waals surface area contributed by atoms with Crippen molar-refractivity contribution in [3.63, 3.8) is 0 Å². The molecule has 1 fully saturated rings. The van der Waals surface area contributed by atoms with Gasteiger partial charge in [0.05, 0.1) is 16.8 Å². The second kappa shape index (κ2) is 5.57. The fraction of sp³-hybridized carbons (Fsp3) is 0.556. The zero-order chi connectivity index (χ0) is 10.5. The number of rotatable bonds is 3. The second-order valence-corrected chi connectivity index (χ2v) is 4.49. The van der Waals surface area contributed by atoms with Crippen LogP contribution in [0, 0.1) is 3.57 Å². The van der Waals surface area contributed by atoms with Crippen molar-refractivity contribution in [1.82, 2.24) is 15.3 Å². The fourth-order valence-corrected chi connectivity index (χ4v) is 1.90. The second-order valence-electron chi connectivity index (χ2n) is 3.33. The summed E-state index contributed by atoms with van der Waals surface area (Å²) in [6.45, 7) is 3.32. The molecule has 0 aliphatic carbocycles. The van der Waals surface area contributed by atoms with E-state index in [2.05, 4.69) is 43.2 Å². The molecule has 0 amide bonds. The van der Waals surface area contributed by atoms with Crippen LogP contribution < -0.4 is 10.6 Å². The number of ether oxygens (including phenoxy) is 1. The van der Waals surface area contributed by atoms with E-state index in [0.717, 1.165) is 35.7 Å². The van der Waals surface area contributed by atoms with Crippen LogP contribution in [-0.4, -0.2) is 42.3 Å². The van der Waals surface area contributed by atoms with Gasteiger partial charge >= 0.3 is 0 Å². The van der Waals surface area contributed by atoms with Crippen LogP contribution in [0.25, 0.3) is 0 Å². The van der Waals surface area contributed by atoms with Gasteiger partial charge < -0.3 is 15.4 Å². The Morgan fingerprint density at radius 1 is 1.67 bits per heavy atom. The Morgan fingerprint density at radius 3 is 3.33 bits per heavy atom. The van der Waals surface area contributed by atoms with Crippen LogP contribution in [0.3, 0.4) is 0 Å². The van der Waals surface area contributed by atoms with Crippen molar-refractivity contribution in [2.75, 3.05) is 31.6 Å². The maximum absolute atomic E-state index is 5.36. The molecule has 6 heteroatoms. The summed E-state index contributed by atoms with van der Waals surface area (Å²) in [5, 5.41) is 6.66. The minimum Gasteiger partial charge on any atom is -0.378 e. The van der Waals surface area contributed by atoms with Crippen molar-refractivity contribution < 1.29 is 4.74 Å². The van der Waals surface area contributed by atoms with Crippen LogP contribution in [0.1, 0.15) is 0 Å². The van der Waals surface area contributed by atoms with Crippen molar-refractivity contribution >= 4 is 28.4 Å². The summed E-state index contributed by atoms with van der Waals surface area (Å²) in [6.07, 6.45) is 3.34. The standard InChI is InChI=1S/C9H13IN4O/c10-8-4-11-6-14-9(8)13-3-7-5-15-2-1-12-7/h4,6-7,12H,1-3,5H2,(H,11,13,14). The largest absolute Gasteiger partial charge is 0.378 e. The first-order chi connectivity index (χ1) is 7.36. The Morgan fingerprint density at radius 2 is 2.60 bits per heavy atom. The monoisotopic (exact) mass is 320 g/mol. The van der Waals surface area contributed by atoms with E-state index >= 15 is 0 Å². The normalized spacial score (nSPS) is 21.3. The van der Waals surface area contributed by atoms with Crippen LogP contribution >= 0.6 is 22.6 Å². The van der Waals surface area contributed by atoms with Crippen LogP contribution in [0.5, 0.6) is 0 Å². The third kappa shape index (κ3) is 3.25. The highest BCUT2D eigenvalue weighted by atomic mass is 127. The topological polar surface area (TPSA) is 59.1 Å². The lowest BCUT2D eigenvalue weighted by atomic mass is 10.3. The smallest absolute Gasteiger partial charge is 0.142 e. The fourth-order valence-electron chi connectivity index (χ4n) is 1.41. The van der Waals surface area contributed by atoms with E-state index in [0.29, 0.717) is 6.04 Å². The summed E-state index contributed by atoms with van der Waals surface area (Å²) in [5.41, 5.74) is 0. The highest BCUT2D eigenvalue weighted by Gasteiger charge is 2.12. The zero-order valence-corrected chi connectivity index (χ0v) is 10.4. The molecular weight excluding hydrogens is 307 g/mol. The zero-order valence-electron chi connectivity index (χ0n) is 8.24. The number of nitrogens with one attached hydrogen (secondary N) is 2. The number of anilines is 1. The van der Waals surface area contributed by atoms with Crippen molar-refractivity contribution in [1.29, 1.82) is 0 Å². The number of halogens is 1. The molecule has 1 aliphatic rings. The van der Waals surface area contributed by atoms with Gasteiger partial charge in [0, 0.05) is 25.3 Å². The molecule has 0 bridgehead atoms. The molecule has 0 saturated carbocycles. The van der Waals surface area contributed by atoms with Gasteiger partial charge in [-0.1, -0.05) is 0 Å². The van der Waals surface area contributed by atoms with E-state index in [1.165, 1.54) is 0 Å². The van der Waals surface area contributed by atoms with Crippen LogP contribution in [-0.2, 0) is 4.74 Å². The summed E-state index contributed by atoms with van der Waals surface area (Å²) < 4.78 is 6.40. The first-order valence-corrected chi connectivity index (χ1v) is 5.94. The molecule has 0 radical (unpaired) electrons. The molecule has 0 aromatic carbocycles. The minimum absolute atomic E-state index is 0.365. The number of hydrogen-bond acceptors (Lipinski definition) is 5. The Labute approximate surface area is 102 Å². The molecule has 1 unspecified atom stereocenters. The molecule has 1 aromatic rings. The molecule has 5 nitrogen and oxygen atoms in total. The molecule has 1 saturated heterocycles. The lowest BCUT2D eigenvalue weighted by molar-refractivity contribution is 0.0806. The lowest BCUT2D eigenvalue weighted by Gasteiger charge is -2.24. The molecule has 2 rings (SSSR count). The van der Waals surface area contributed by atoms with Crippen molar-refractivity contribution in [2.24, 2.45) is 0 Å². The van der Waals surface area contributed by atoms with Gasteiger partial charge in [-0.2, -0.15) is 0 Å². The first-order valence-electron chi connectivity index (χ1n) is 4.87. The van der Waals surface area contributed by atoms with E-state index in [1.54, 1.807) is 12.5 Å². The first kappa shape index (κ1) is 11.0. The van der Waals surface area contributed by atoms with E-state index in [4.69, 9.17) is 4.74 Å². The number of nitrogens with zero attached hydrogens (tertiary/aromatic N) is 2. The van der Waals surface area contributed by atoms with E-state index in [-0.39, 0.29) is 0 Å². The van der Waals surface area contributed by atoms with Gasteiger partial charge in [-0.05, 0) is 22.6 Å². The van der Waals surface area contributed by atoms with Gasteiger partial charge in [0.2, 0.25) is 0 Å². The van der Waals surface area contributed by atoms with Gasteiger partial charge in [-0.15, -0.1) is 0 Å². The molecule has 0 spiro atoms. The Kier molecular flexibility index (Phi) is 4.09. The quantitative estimate of drug-likeness (QED) is 0.794. The molecule has 1 aliphatic heterocycles. The maximum Gasteiger partial charge on any atom is 0.142 e. The molecule has 2 heterocycles. The Hall–Kier alpha value is -0.470. The predicted octanol–water partition coefficient (Wildman–Crippen LogP) is 0.481. The highest BCUT2D eigenvalue weighted by Crippen LogP contribution is 2.12. The van der Waals surface area contributed by atoms with E-state index in [9.17, 15) is 0 Å². The Bertz CT molecular complexity index is 317. The summed E-state index contributed by atoms with van der Waals surface area (Å²) in [6, 6.07) is 0.365. The number of morpholine rings is 1. The summed E-state index contributed by atoms with van der Waals surface area (Å²) in [5.74, 6) is 0.887. The Balaban J connectivity index is 1.84. The summed E-state index contributed by atoms with van der Waals surface area (Å²) in [4.78, 5) is 8.11. The molecule has 1 atom stereocenters. The number of aromatic nitrogens is 2. The molecule has 1 aromatic heterocycles. The highest BCUT2D eigenvalue weighted by molar-refractivity contribution is 14.1. The summed E-state index contributed by atoms with van der Waals surface area (Å²) in [7, 11) is 0. The van der Waals surface area contributed by atoms with E-state index in [1.807, 2.05) is 0 Å². The number of hydrogen-bond donors (Lipinski definition) is 2. The van der Waals surface area contributed by atoms with Crippen LogP contribution in [0.2, 0.25) is 0 Å². The molecule has 82 valence electrons. The molecular formula is C9H13IN4O. The molecule has 15 heavy (non-hydrogen) atoms. The third-order valence-electron chi connectivity index (χ3n) is 2.18. The van der Waals surface area contributed by atoms with Crippen LogP contribution in [0.4, 0.5) is 5.82 Å². The predicted molar refractivity (Wildman–Crippen MR) is 65.8 cm³/mol. The van der Waals surface area contributed by atoms with Gasteiger partial charge in [0.1, 0.15) is 12.1 Å². The van der Waals surface area contributed by atoms with Crippen molar-refractivity contribution in [3.8, 4) is 0 Å². The maximum atomic E-state index is 5.36. The average Bonchev–Trinajstić information content (AvgIpc) is 2.29. The third-order valence-corrected chi connectivity index (χ3v) is 2.97.